The molecule has 6 rings (SSSR count). The number of anilines is 2. The minimum absolute atomic E-state index is 0.0934. The lowest BCUT2D eigenvalue weighted by atomic mass is 9.89. The molecule has 3 amide bonds. The molecule has 6 N–H and O–H groups in total. The van der Waals surface area contributed by atoms with Crippen LogP contribution in [0.25, 0.3) is 5.57 Å². The lowest BCUT2D eigenvalue weighted by Gasteiger charge is -2.39. The first-order chi connectivity index (χ1) is 22.0. The molecule has 0 spiro atoms. The largest absolute Gasteiger partial charge is 0.506 e. The van der Waals surface area contributed by atoms with E-state index in [1.54, 1.807) is 17.2 Å². The van der Waals surface area contributed by atoms with E-state index < -0.39 is 29.9 Å². The number of hydrogen-bond donors (Lipinski definition) is 5. The number of piperazine rings is 1. The van der Waals surface area contributed by atoms with Gasteiger partial charge in [0.25, 0.3) is 5.91 Å². The van der Waals surface area contributed by atoms with Gasteiger partial charge in [-0.2, -0.15) is 0 Å². The summed E-state index contributed by atoms with van der Waals surface area (Å²) >= 11 is 12.7. The Morgan fingerprint density at radius 2 is 1.89 bits per heavy atom. The molecule has 4 heterocycles. The van der Waals surface area contributed by atoms with Crippen LogP contribution in [0.15, 0.2) is 60.9 Å². The van der Waals surface area contributed by atoms with Crippen molar-refractivity contribution in [1.29, 1.82) is 0 Å². The first-order valence-corrected chi connectivity index (χ1v) is 15.6. The predicted molar refractivity (Wildman–Crippen MR) is 176 cm³/mol. The van der Waals surface area contributed by atoms with Crippen molar-refractivity contribution in [3.63, 3.8) is 0 Å². The van der Waals surface area contributed by atoms with E-state index in [-0.39, 0.29) is 35.0 Å². The van der Waals surface area contributed by atoms with Crippen molar-refractivity contribution < 1.29 is 19.5 Å². The third-order valence-corrected chi connectivity index (χ3v) is 9.17. The summed E-state index contributed by atoms with van der Waals surface area (Å²) in [4.78, 5) is 50.0. The smallest absolute Gasteiger partial charge is 0.252 e. The van der Waals surface area contributed by atoms with E-state index in [9.17, 15) is 19.5 Å². The second-order valence-electron chi connectivity index (χ2n) is 11.8. The van der Waals surface area contributed by atoms with Gasteiger partial charge < -0.3 is 36.2 Å². The van der Waals surface area contributed by atoms with Crippen LogP contribution in [-0.2, 0) is 9.59 Å². The van der Waals surface area contributed by atoms with Crippen molar-refractivity contribution >= 4 is 58.0 Å². The summed E-state index contributed by atoms with van der Waals surface area (Å²) in [6, 6.07) is 14.3. The van der Waals surface area contributed by atoms with Crippen LogP contribution in [0, 0.1) is 5.92 Å². The number of aromatic nitrogens is 1. The minimum atomic E-state index is -0.873. The average Bonchev–Trinajstić information content (AvgIpc) is 3.38. The van der Waals surface area contributed by atoms with Gasteiger partial charge in [0.2, 0.25) is 11.8 Å². The van der Waals surface area contributed by atoms with Crippen LogP contribution in [-0.4, -0.2) is 83.0 Å². The van der Waals surface area contributed by atoms with Crippen LogP contribution in [0.3, 0.4) is 0 Å². The molecule has 240 valence electrons. The van der Waals surface area contributed by atoms with Crippen molar-refractivity contribution in [1.82, 2.24) is 25.4 Å². The zero-order valence-corrected chi connectivity index (χ0v) is 26.7. The van der Waals surface area contributed by atoms with Gasteiger partial charge in [0, 0.05) is 37.9 Å². The number of nitrogens with one attached hydrogen (secondary N) is 3. The molecule has 3 aromatic rings. The standard InChI is InChI=1S/C32H34Cl2N8O4/c1-17-14-40(2)8-9-42(17)25-12-24(23(34)13-36-25)37-26(43)16-41-15-21(19-10-20(29(35)45)28(44)22(33)11-19)27-31(41)38-30(39-32(27)46)18-6-4-3-5-7-18/h3-7,10-13,15,17,27,30-31,38,44H,8-9,14,16H2,1-2H3,(H2,35,45)(H,39,46)(H,36,37,43)/t17-,27?,30?,31?/m0/s1. The second-order valence-corrected chi connectivity index (χ2v) is 12.6. The lowest BCUT2D eigenvalue weighted by molar-refractivity contribution is -0.130. The molecule has 2 aromatic carbocycles. The first kappa shape index (κ1) is 31.6. The van der Waals surface area contributed by atoms with E-state index in [0.717, 1.165) is 31.0 Å². The van der Waals surface area contributed by atoms with Crippen molar-refractivity contribution in [3.8, 4) is 5.75 Å². The second kappa shape index (κ2) is 12.8. The molecule has 1 aromatic heterocycles. The Bertz CT molecular complexity index is 1720. The topological polar surface area (TPSA) is 156 Å². The molecule has 3 unspecified atom stereocenters. The summed E-state index contributed by atoms with van der Waals surface area (Å²) in [5, 5.41) is 19.9. The Morgan fingerprint density at radius 1 is 1.13 bits per heavy atom. The molecule has 0 radical (unpaired) electrons. The fourth-order valence-electron chi connectivity index (χ4n) is 6.31. The van der Waals surface area contributed by atoms with Crippen molar-refractivity contribution in [2.75, 3.05) is 43.4 Å². The normalized spacial score (nSPS) is 23.0. The molecule has 46 heavy (non-hydrogen) atoms. The number of phenols is 1. The molecule has 3 aliphatic heterocycles. The van der Waals surface area contributed by atoms with E-state index in [2.05, 4.69) is 44.7 Å². The van der Waals surface area contributed by atoms with Crippen molar-refractivity contribution in [2.24, 2.45) is 11.7 Å². The number of rotatable bonds is 7. The fraction of sp³-hybridized carbons (Fsp3) is 0.312. The van der Waals surface area contributed by atoms with Gasteiger partial charge in [0.15, 0.2) is 0 Å². The van der Waals surface area contributed by atoms with Gasteiger partial charge in [-0.3, -0.25) is 19.7 Å². The number of primary amides is 1. The summed E-state index contributed by atoms with van der Waals surface area (Å²) in [6.07, 6.45) is 2.05. The Morgan fingerprint density at radius 3 is 2.61 bits per heavy atom. The molecule has 3 aliphatic rings. The highest BCUT2D eigenvalue weighted by Crippen LogP contribution is 2.41. The molecular formula is C32H34Cl2N8O4. The van der Waals surface area contributed by atoms with Gasteiger partial charge in [-0.1, -0.05) is 53.5 Å². The number of hydrogen-bond acceptors (Lipinski definition) is 9. The van der Waals surface area contributed by atoms with Gasteiger partial charge in [-0.25, -0.2) is 4.98 Å². The Hall–Kier alpha value is -4.36. The van der Waals surface area contributed by atoms with E-state index >= 15 is 0 Å². The first-order valence-electron chi connectivity index (χ1n) is 14.8. The number of aromatic hydroxyl groups is 1. The summed E-state index contributed by atoms with van der Waals surface area (Å²) in [6.45, 7) is 4.55. The van der Waals surface area contributed by atoms with Gasteiger partial charge in [-0.05, 0) is 42.8 Å². The maximum Gasteiger partial charge on any atom is 0.252 e. The van der Waals surface area contributed by atoms with Gasteiger partial charge in [0.05, 0.1) is 46.1 Å². The number of nitrogens with two attached hydrogens (primary N) is 1. The zero-order chi connectivity index (χ0) is 32.7. The molecule has 0 bridgehead atoms. The van der Waals surface area contributed by atoms with Crippen molar-refractivity contribution in [3.05, 3.63) is 87.7 Å². The Labute approximate surface area is 276 Å². The highest BCUT2D eigenvalue weighted by atomic mass is 35.5. The Kier molecular flexibility index (Phi) is 8.80. The monoisotopic (exact) mass is 664 g/mol. The van der Waals surface area contributed by atoms with E-state index in [0.29, 0.717) is 21.8 Å². The van der Waals surface area contributed by atoms with Crippen LogP contribution in [0.2, 0.25) is 10.0 Å². The summed E-state index contributed by atoms with van der Waals surface area (Å²) in [5.41, 5.74) is 7.48. The lowest BCUT2D eigenvalue weighted by Crippen LogP contribution is -2.60. The van der Waals surface area contributed by atoms with Crippen LogP contribution >= 0.6 is 23.2 Å². The SMILES string of the molecule is C[C@H]1CN(C)CCN1c1cc(NC(=O)CN2C=C(c3cc(Cl)c(O)c(C(N)=O)c3)C3C(=O)NC(c4ccccc4)NC32)c(Cl)cn1. The van der Waals surface area contributed by atoms with Crippen molar-refractivity contribution in [2.45, 2.75) is 25.3 Å². The number of benzene rings is 2. The maximum absolute atomic E-state index is 13.7. The van der Waals surface area contributed by atoms with E-state index in [1.807, 2.05) is 30.3 Å². The zero-order valence-electron chi connectivity index (χ0n) is 25.2. The maximum atomic E-state index is 13.7. The predicted octanol–water partition coefficient (Wildman–Crippen LogP) is 2.99. The third-order valence-electron chi connectivity index (χ3n) is 8.58. The summed E-state index contributed by atoms with van der Waals surface area (Å²) in [7, 11) is 2.08. The number of likely N-dealkylation sites (N-methyl/N-ethyl adjacent to an activating group) is 1. The molecule has 4 atom stereocenters. The fourth-order valence-corrected chi connectivity index (χ4v) is 6.68. The average molecular weight is 666 g/mol. The van der Waals surface area contributed by atoms with E-state index in [4.69, 9.17) is 28.9 Å². The van der Waals surface area contributed by atoms with Gasteiger partial charge >= 0.3 is 0 Å². The molecular weight excluding hydrogens is 631 g/mol. The van der Waals surface area contributed by atoms with Gasteiger partial charge in [0.1, 0.15) is 17.7 Å². The highest BCUT2D eigenvalue weighted by molar-refractivity contribution is 6.33. The summed E-state index contributed by atoms with van der Waals surface area (Å²) in [5.74, 6) is -2.05. The number of halogens is 2. The molecule has 14 heteroatoms. The number of carbonyl (C=O) groups excluding carboxylic acids is 3. The minimum Gasteiger partial charge on any atom is -0.506 e. The van der Waals surface area contributed by atoms with Crippen LogP contribution in [0.5, 0.6) is 5.75 Å². The Balaban J connectivity index is 1.29. The molecule has 0 aliphatic carbocycles. The van der Waals surface area contributed by atoms with Crippen LogP contribution in [0.1, 0.15) is 34.6 Å². The number of pyridine rings is 1. The third kappa shape index (κ3) is 6.21. The van der Waals surface area contributed by atoms with E-state index in [1.165, 1.54) is 18.3 Å². The van der Waals surface area contributed by atoms with Crippen LogP contribution < -0.4 is 26.6 Å². The number of carbonyl (C=O) groups is 3. The molecule has 2 saturated heterocycles. The number of fused-ring (bicyclic) bond motifs is 1. The highest BCUT2D eigenvalue weighted by Gasteiger charge is 2.46. The summed E-state index contributed by atoms with van der Waals surface area (Å²) < 4.78 is 0. The molecule has 2 fully saturated rings. The van der Waals surface area contributed by atoms with Gasteiger partial charge in [-0.15, -0.1) is 0 Å². The van der Waals surface area contributed by atoms with Crippen LogP contribution in [0.4, 0.5) is 11.5 Å². The number of amides is 3. The molecule has 0 saturated carbocycles. The quantitative estimate of drug-likeness (QED) is 0.256. The molecule has 12 nitrogen and oxygen atoms in total. The number of nitrogens with zero attached hydrogens (tertiary/aromatic N) is 4.